The molecule has 0 aliphatic heterocycles. The first-order valence-electron chi connectivity index (χ1n) is 19.7. The molecule has 0 N–H and O–H groups in total. The van der Waals surface area contributed by atoms with Gasteiger partial charge in [-0.15, -0.1) is 45.3 Å². The number of aromatic nitrogens is 2. The monoisotopic (exact) mass is 836 g/mol. The standard InChI is InChI=1S/C48H40N2O4S4/c1-6-7-8-9-10-30-23-41-48(55-30)44-35-24-42(49-37-15-11-26(51-2)19-31(37)32-20-27(52-3)12-16-38(32)49)57-46(35)47-36(45(44)56-41)25-43(58-47)50-39-17-13-28(53-4)21-33(39)34-22-29(54-5)14-18-40(34)50/h11-25H,6-10H2,1-5H3. The van der Waals surface area contributed by atoms with Crippen molar-refractivity contribution in [3.63, 3.8) is 0 Å². The third-order valence-corrected chi connectivity index (χ3v) is 16.6. The number of ether oxygens (including phenoxy) is 4. The molecule has 6 aromatic heterocycles. The van der Waals surface area contributed by atoms with Gasteiger partial charge < -0.3 is 28.1 Å². The Morgan fingerprint density at radius 3 is 1.36 bits per heavy atom. The van der Waals surface area contributed by atoms with Crippen molar-refractivity contribution in [2.75, 3.05) is 28.4 Å². The van der Waals surface area contributed by atoms with Crippen LogP contribution in [0.3, 0.4) is 0 Å². The second-order valence-corrected chi connectivity index (χ2v) is 19.1. The van der Waals surface area contributed by atoms with Crippen LogP contribution in [0.5, 0.6) is 23.0 Å². The maximum atomic E-state index is 5.72. The lowest BCUT2D eigenvalue weighted by Gasteiger charge is -2.05. The Morgan fingerprint density at radius 2 is 0.897 bits per heavy atom. The van der Waals surface area contributed by atoms with Gasteiger partial charge in [-0.05, 0) is 104 Å². The van der Waals surface area contributed by atoms with Gasteiger partial charge in [0.1, 0.15) is 33.0 Å². The van der Waals surface area contributed by atoms with Crippen molar-refractivity contribution in [2.24, 2.45) is 0 Å². The van der Waals surface area contributed by atoms with Gasteiger partial charge in [0.25, 0.3) is 0 Å². The van der Waals surface area contributed by atoms with E-state index in [4.69, 9.17) is 18.9 Å². The molecule has 6 nitrogen and oxygen atoms in total. The van der Waals surface area contributed by atoms with Crippen LogP contribution in [0.25, 0.3) is 93.3 Å². The minimum absolute atomic E-state index is 0.838. The lowest BCUT2D eigenvalue weighted by Crippen LogP contribution is -1.90. The molecule has 11 aromatic rings. The molecule has 0 aliphatic rings. The summed E-state index contributed by atoms with van der Waals surface area (Å²) in [6, 6.07) is 33.0. The minimum atomic E-state index is 0.838. The van der Waals surface area contributed by atoms with Crippen LogP contribution in [0, 0.1) is 0 Å². The summed E-state index contributed by atoms with van der Waals surface area (Å²) in [6.07, 6.45) is 6.24. The predicted molar refractivity (Wildman–Crippen MR) is 251 cm³/mol. The molecule has 0 amide bonds. The second-order valence-electron chi connectivity index (χ2n) is 14.9. The zero-order valence-corrected chi connectivity index (χ0v) is 36.1. The zero-order valence-electron chi connectivity index (χ0n) is 32.9. The summed E-state index contributed by atoms with van der Waals surface area (Å²) in [5.74, 6) is 3.35. The molecule has 0 spiro atoms. The molecule has 0 atom stereocenters. The smallest absolute Gasteiger partial charge is 0.119 e. The Hall–Kier alpha value is -5.26. The van der Waals surface area contributed by atoms with Crippen LogP contribution in [0.4, 0.5) is 0 Å². The molecule has 0 aliphatic carbocycles. The molecule has 0 saturated carbocycles. The number of methoxy groups -OCH3 is 4. The molecule has 0 fully saturated rings. The fourth-order valence-corrected chi connectivity index (χ4v) is 14.2. The molecule has 0 unspecified atom stereocenters. The van der Waals surface area contributed by atoms with Crippen molar-refractivity contribution < 1.29 is 18.9 Å². The SMILES string of the molecule is CCCCCCc1cc2sc3c4cc(-n5c6ccc(OC)cc6c6cc(OC)ccc65)sc4c4sc(-n5c6ccc(OC)cc6c6cc(OC)ccc65)cc4c3c2s1. The van der Waals surface area contributed by atoms with E-state index in [1.54, 1.807) is 28.4 Å². The summed E-state index contributed by atoms with van der Waals surface area (Å²) in [6.45, 7) is 2.28. The third-order valence-electron chi connectivity index (χ3n) is 11.6. The Labute approximate surface area is 351 Å². The van der Waals surface area contributed by atoms with Gasteiger partial charge in [0.2, 0.25) is 0 Å². The molecule has 6 heterocycles. The number of unbranched alkanes of at least 4 members (excludes halogenated alkanes) is 3. The lowest BCUT2D eigenvalue weighted by atomic mass is 10.1. The van der Waals surface area contributed by atoms with Crippen molar-refractivity contribution in [2.45, 2.75) is 39.0 Å². The normalized spacial score (nSPS) is 12.2. The van der Waals surface area contributed by atoms with Crippen LogP contribution in [0.1, 0.15) is 37.5 Å². The number of hydrogen-bond donors (Lipinski definition) is 0. The molecular formula is C48H40N2O4S4. The Bertz CT molecular complexity index is 3290. The van der Waals surface area contributed by atoms with E-state index in [9.17, 15) is 0 Å². The van der Waals surface area contributed by atoms with E-state index in [-0.39, 0.29) is 0 Å². The van der Waals surface area contributed by atoms with E-state index in [0.29, 0.717) is 0 Å². The van der Waals surface area contributed by atoms with E-state index >= 15 is 0 Å². The third kappa shape index (κ3) is 5.38. The highest BCUT2D eigenvalue weighted by molar-refractivity contribution is 7.35. The minimum Gasteiger partial charge on any atom is -0.497 e. The average Bonchev–Trinajstić information content (AvgIpc) is 4.11. The fourth-order valence-electron chi connectivity index (χ4n) is 8.83. The van der Waals surface area contributed by atoms with Crippen LogP contribution in [0.2, 0.25) is 0 Å². The van der Waals surface area contributed by atoms with Crippen molar-refractivity contribution in [3.05, 3.63) is 95.9 Å². The average molecular weight is 837 g/mol. The van der Waals surface area contributed by atoms with E-state index in [2.05, 4.69) is 107 Å². The first-order valence-corrected chi connectivity index (χ1v) is 22.9. The van der Waals surface area contributed by atoms with Gasteiger partial charge in [-0.1, -0.05) is 26.2 Å². The van der Waals surface area contributed by atoms with Crippen LogP contribution in [0.15, 0.2) is 91.0 Å². The number of aryl methyl sites for hydroxylation is 1. The van der Waals surface area contributed by atoms with E-state index in [1.807, 2.05) is 45.3 Å². The number of thiophene rings is 4. The van der Waals surface area contributed by atoms with Crippen LogP contribution < -0.4 is 18.9 Å². The number of nitrogens with zero attached hydrogens (tertiary/aromatic N) is 2. The van der Waals surface area contributed by atoms with Crippen LogP contribution in [-0.4, -0.2) is 37.6 Å². The number of hydrogen-bond acceptors (Lipinski definition) is 8. The topological polar surface area (TPSA) is 46.8 Å². The second kappa shape index (κ2) is 13.9. The van der Waals surface area contributed by atoms with E-state index < -0.39 is 0 Å². The quantitative estimate of drug-likeness (QED) is 0.122. The molecule has 58 heavy (non-hydrogen) atoms. The van der Waals surface area contributed by atoms with Crippen molar-refractivity contribution in [3.8, 4) is 33.0 Å². The Kier molecular flexibility index (Phi) is 8.62. The van der Waals surface area contributed by atoms with Crippen molar-refractivity contribution in [1.29, 1.82) is 0 Å². The Balaban J connectivity index is 1.20. The molecule has 5 aromatic carbocycles. The summed E-state index contributed by atoms with van der Waals surface area (Å²) in [5, 5.41) is 11.0. The Morgan fingerprint density at radius 1 is 0.431 bits per heavy atom. The zero-order chi connectivity index (χ0) is 39.2. The highest BCUT2D eigenvalue weighted by atomic mass is 32.1. The highest BCUT2D eigenvalue weighted by Crippen LogP contribution is 2.53. The predicted octanol–water partition coefficient (Wildman–Crippen LogP) is 14.9. The highest BCUT2D eigenvalue weighted by Gasteiger charge is 2.24. The molecule has 0 bridgehead atoms. The van der Waals surface area contributed by atoms with Crippen molar-refractivity contribution >= 4 is 129 Å². The largest absolute Gasteiger partial charge is 0.497 e. The van der Waals surface area contributed by atoms with Crippen LogP contribution >= 0.6 is 45.3 Å². The van der Waals surface area contributed by atoms with Crippen LogP contribution in [-0.2, 0) is 6.42 Å². The lowest BCUT2D eigenvalue weighted by molar-refractivity contribution is 0.415. The number of fused-ring (bicyclic) bond motifs is 14. The first kappa shape index (κ1) is 35.9. The number of benzene rings is 5. The molecule has 290 valence electrons. The van der Waals surface area contributed by atoms with Crippen molar-refractivity contribution in [1.82, 2.24) is 9.13 Å². The maximum absolute atomic E-state index is 5.72. The molecule has 11 rings (SSSR count). The molecule has 0 saturated heterocycles. The van der Waals surface area contributed by atoms with Gasteiger partial charge in [0, 0.05) is 52.0 Å². The van der Waals surface area contributed by atoms with E-state index in [1.165, 1.54) is 80.2 Å². The molecule has 0 radical (unpaired) electrons. The molecule has 10 heteroatoms. The maximum Gasteiger partial charge on any atom is 0.119 e. The van der Waals surface area contributed by atoms with Gasteiger partial charge in [-0.3, -0.25) is 0 Å². The van der Waals surface area contributed by atoms with Gasteiger partial charge in [0.05, 0.1) is 64.6 Å². The van der Waals surface area contributed by atoms with E-state index in [0.717, 1.165) is 73.0 Å². The van der Waals surface area contributed by atoms with Gasteiger partial charge in [0.15, 0.2) is 0 Å². The van der Waals surface area contributed by atoms with Gasteiger partial charge >= 0.3 is 0 Å². The molecular weight excluding hydrogens is 797 g/mol. The van der Waals surface area contributed by atoms with Gasteiger partial charge in [-0.2, -0.15) is 0 Å². The summed E-state index contributed by atoms with van der Waals surface area (Å²) < 4.78 is 34.6. The summed E-state index contributed by atoms with van der Waals surface area (Å²) in [7, 11) is 6.92. The fraction of sp³-hybridized carbons (Fsp3) is 0.208. The first-order chi connectivity index (χ1) is 28.5. The summed E-state index contributed by atoms with van der Waals surface area (Å²) in [4.78, 5) is 1.50. The van der Waals surface area contributed by atoms with Gasteiger partial charge in [-0.25, -0.2) is 0 Å². The summed E-state index contributed by atoms with van der Waals surface area (Å²) >= 11 is 7.75. The number of rotatable bonds is 11. The summed E-state index contributed by atoms with van der Waals surface area (Å²) in [5.41, 5.74) is 4.58.